The number of ether oxygens (including phenoxy) is 3. The van der Waals surface area contributed by atoms with Crippen LogP contribution >= 0.6 is 11.9 Å². The lowest BCUT2D eigenvalue weighted by atomic mass is 10.0. The van der Waals surface area contributed by atoms with E-state index in [2.05, 4.69) is 21.8 Å². The fourth-order valence-corrected chi connectivity index (χ4v) is 4.94. The van der Waals surface area contributed by atoms with Crippen LogP contribution in [-0.4, -0.2) is 43.6 Å². The van der Waals surface area contributed by atoms with Crippen LogP contribution in [0.2, 0.25) is 0 Å². The maximum Gasteiger partial charge on any atom is 0.414 e. The van der Waals surface area contributed by atoms with Crippen molar-refractivity contribution in [3.63, 3.8) is 0 Å². The summed E-state index contributed by atoms with van der Waals surface area (Å²) in [6, 6.07) is 9.50. The van der Waals surface area contributed by atoms with Gasteiger partial charge >= 0.3 is 6.09 Å². The van der Waals surface area contributed by atoms with E-state index in [0.717, 1.165) is 28.1 Å². The number of nitrogens with one attached hydrogen (secondary N) is 1. The van der Waals surface area contributed by atoms with Crippen LogP contribution in [0.15, 0.2) is 45.9 Å². The van der Waals surface area contributed by atoms with E-state index in [9.17, 15) is 4.79 Å². The molecular weight excluding hydrogens is 456 g/mol. The summed E-state index contributed by atoms with van der Waals surface area (Å²) < 4.78 is 25.1. The Labute approximate surface area is 201 Å². The first-order valence-corrected chi connectivity index (χ1v) is 11.9. The smallest absolute Gasteiger partial charge is 0.414 e. The number of benzene rings is 1. The van der Waals surface area contributed by atoms with E-state index >= 15 is 0 Å². The molecule has 1 saturated carbocycles. The highest BCUT2D eigenvalue weighted by Crippen LogP contribution is 2.45. The summed E-state index contributed by atoms with van der Waals surface area (Å²) in [6.45, 7) is 3.18. The molecule has 2 aromatic heterocycles. The zero-order valence-corrected chi connectivity index (χ0v) is 20.1. The fourth-order valence-electron chi connectivity index (χ4n) is 4.11. The number of carbonyl (C=O) groups excluding carboxylic acids is 1. The van der Waals surface area contributed by atoms with Crippen LogP contribution in [0, 0.1) is 11.8 Å². The number of hydrogen-bond donors (Lipinski definition) is 1. The average molecular weight is 483 g/mol. The monoisotopic (exact) mass is 482 g/mol. The van der Waals surface area contributed by atoms with E-state index in [1.165, 1.54) is 18.4 Å². The second-order valence-corrected chi connectivity index (χ2v) is 9.20. The lowest BCUT2D eigenvalue weighted by molar-refractivity contribution is 0.181. The van der Waals surface area contributed by atoms with Gasteiger partial charge in [0.2, 0.25) is 5.88 Å². The summed E-state index contributed by atoms with van der Waals surface area (Å²) in [5.74, 6) is 3.72. The predicted octanol–water partition coefficient (Wildman–Crippen LogP) is 5.03. The molecule has 0 bridgehead atoms. The minimum absolute atomic E-state index is 0.333. The molecule has 1 aromatic carbocycles. The highest BCUT2D eigenvalue weighted by molar-refractivity contribution is 8.00. The second kappa shape index (κ2) is 9.46. The van der Waals surface area contributed by atoms with Gasteiger partial charge in [-0.25, -0.2) is 9.78 Å². The van der Waals surface area contributed by atoms with Crippen molar-refractivity contribution in [1.29, 1.82) is 0 Å². The molecule has 2 atom stereocenters. The predicted molar refractivity (Wildman–Crippen MR) is 128 cm³/mol. The number of rotatable bonds is 9. The fraction of sp³-hybridized carbons (Fsp3) is 0.375. The Balaban J connectivity index is 1.45. The van der Waals surface area contributed by atoms with Gasteiger partial charge in [-0.3, -0.25) is 4.90 Å². The number of pyridine rings is 1. The van der Waals surface area contributed by atoms with Crippen LogP contribution in [0.5, 0.6) is 11.6 Å². The van der Waals surface area contributed by atoms with E-state index < -0.39 is 0 Å². The molecule has 10 heteroatoms. The third-order valence-electron chi connectivity index (χ3n) is 6.21. The summed E-state index contributed by atoms with van der Waals surface area (Å²) in [5.41, 5.74) is 2.64. The van der Waals surface area contributed by atoms with Gasteiger partial charge in [-0.2, -0.15) is 0 Å². The summed E-state index contributed by atoms with van der Waals surface area (Å²) in [5, 5.41) is 4.35. The van der Waals surface area contributed by atoms with Gasteiger partial charge in [-0.15, -0.1) is 0 Å². The van der Waals surface area contributed by atoms with Crippen LogP contribution in [-0.2, 0) is 11.2 Å². The zero-order valence-electron chi connectivity index (χ0n) is 19.2. The summed E-state index contributed by atoms with van der Waals surface area (Å²) in [4.78, 5) is 18.6. The van der Waals surface area contributed by atoms with Gasteiger partial charge < -0.3 is 23.5 Å². The van der Waals surface area contributed by atoms with Crippen LogP contribution in [0.4, 0.5) is 16.3 Å². The molecule has 3 heterocycles. The molecule has 5 rings (SSSR count). The van der Waals surface area contributed by atoms with E-state index in [0.29, 0.717) is 48.2 Å². The van der Waals surface area contributed by atoms with E-state index in [1.807, 2.05) is 24.3 Å². The molecule has 9 nitrogen and oxygen atoms in total. The minimum atomic E-state index is -0.333. The highest BCUT2D eigenvalue weighted by atomic mass is 32.2. The van der Waals surface area contributed by atoms with Crippen LogP contribution in [0.3, 0.4) is 0 Å². The lowest BCUT2D eigenvalue weighted by Gasteiger charge is -2.14. The minimum Gasteiger partial charge on any atom is -0.495 e. The number of nitrogens with zero attached hydrogens (tertiary/aromatic N) is 3. The normalized spacial score (nSPS) is 19.1. The Kier molecular flexibility index (Phi) is 6.23. The van der Waals surface area contributed by atoms with Gasteiger partial charge in [0.25, 0.3) is 0 Å². The Bertz CT molecular complexity index is 1180. The highest BCUT2D eigenvalue weighted by Gasteiger charge is 2.35. The molecule has 0 spiro atoms. The molecule has 3 aromatic rings. The Morgan fingerprint density at radius 1 is 1.26 bits per heavy atom. The maximum atomic E-state index is 12.0. The first-order valence-electron chi connectivity index (χ1n) is 11.1. The molecule has 2 unspecified atom stereocenters. The molecule has 1 aliphatic heterocycles. The van der Waals surface area contributed by atoms with Crippen molar-refractivity contribution in [3.8, 4) is 23.0 Å². The number of amides is 1. The Morgan fingerprint density at radius 3 is 2.82 bits per heavy atom. The first kappa shape index (κ1) is 22.4. The van der Waals surface area contributed by atoms with Crippen molar-refractivity contribution in [2.45, 2.75) is 24.7 Å². The number of hydrogen-bond acceptors (Lipinski definition) is 9. The topological polar surface area (TPSA) is 98.9 Å². The van der Waals surface area contributed by atoms with Crippen molar-refractivity contribution < 1.29 is 23.5 Å². The van der Waals surface area contributed by atoms with Gasteiger partial charge in [0.1, 0.15) is 17.3 Å². The average Bonchev–Trinajstić information content (AvgIpc) is 3.20. The third-order valence-corrected chi connectivity index (χ3v) is 7.09. The molecule has 2 fully saturated rings. The molecule has 1 aliphatic carbocycles. The van der Waals surface area contributed by atoms with Crippen LogP contribution in [0.1, 0.15) is 18.9 Å². The molecule has 34 heavy (non-hydrogen) atoms. The summed E-state index contributed by atoms with van der Waals surface area (Å²) >= 11 is 1.32. The largest absolute Gasteiger partial charge is 0.495 e. The quantitative estimate of drug-likeness (QED) is 0.421. The SMILES string of the molecule is COc1ccnc(OC)c1SNc1noc(-c2cccc(N3CCOC3=O)c2)c1CC1CC1C. The Morgan fingerprint density at radius 2 is 2.12 bits per heavy atom. The number of aromatic nitrogens is 2. The van der Waals surface area contributed by atoms with Crippen molar-refractivity contribution in [2.24, 2.45) is 11.8 Å². The summed E-state index contributed by atoms with van der Waals surface area (Å²) in [7, 11) is 3.18. The van der Waals surface area contributed by atoms with Gasteiger partial charge in [0, 0.05) is 23.0 Å². The van der Waals surface area contributed by atoms with Gasteiger partial charge in [0.15, 0.2) is 11.6 Å². The number of anilines is 2. The zero-order chi connectivity index (χ0) is 23.7. The second-order valence-electron chi connectivity index (χ2n) is 8.39. The van der Waals surface area contributed by atoms with E-state index in [4.69, 9.17) is 18.7 Å². The van der Waals surface area contributed by atoms with E-state index in [-0.39, 0.29) is 6.09 Å². The number of methoxy groups -OCH3 is 2. The number of cyclic esters (lactones) is 1. The van der Waals surface area contributed by atoms with Crippen molar-refractivity contribution in [2.75, 3.05) is 37.0 Å². The molecule has 1 saturated heterocycles. The summed E-state index contributed by atoms with van der Waals surface area (Å²) in [6.07, 6.45) is 3.33. The van der Waals surface area contributed by atoms with Crippen molar-refractivity contribution in [1.82, 2.24) is 10.1 Å². The number of carbonyl (C=O) groups is 1. The molecule has 0 radical (unpaired) electrons. The Hall–Kier alpha value is -3.40. The van der Waals surface area contributed by atoms with Crippen molar-refractivity contribution >= 4 is 29.5 Å². The molecule has 178 valence electrons. The van der Waals surface area contributed by atoms with Crippen LogP contribution in [0.25, 0.3) is 11.3 Å². The third kappa shape index (κ3) is 4.37. The lowest BCUT2D eigenvalue weighted by Crippen LogP contribution is -2.23. The molecule has 2 aliphatic rings. The van der Waals surface area contributed by atoms with E-state index in [1.54, 1.807) is 31.4 Å². The van der Waals surface area contributed by atoms with Gasteiger partial charge in [-0.05, 0) is 54.8 Å². The maximum absolute atomic E-state index is 12.0. The standard InChI is InChI=1S/C24H26N4O5S/c1-14-11-16(14)13-18-20(15-5-4-6-17(12-15)28-9-10-32-24(28)29)33-26-22(18)27-34-21-19(30-2)7-8-25-23(21)31-3/h4-8,12,14,16H,9-11,13H2,1-3H3,(H,26,27). The molecule has 1 amide bonds. The van der Waals surface area contributed by atoms with Gasteiger partial charge in [-0.1, -0.05) is 24.2 Å². The van der Waals surface area contributed by atoms with Gasteiger partial charge in [0.05, 0.1) is 20.8 Å². The molecule has 1 N–H and O–H groups in total. The van der Waals surface area contributed by atoms with Crippen molar-refractivity contribution in [3.05, 3.63) is 42.1 Å². The molecular formula is C24H26N4O5S. The van der Waals surface area contributed by atoms with Crippen LogP contribution < -0.4 is 19.1 Å². The first-order chi connectivity index (χ1) is 16.6.